The van der Waals surface area contributed by atoms with Crippen molar-refractivity contribution in [1.82, 2.24) is 10.2 Å². The molecule has 0 aromatic heterocycles. The second-order valence-electron chi connectivity index (χ2n) is 7.07. The number of likely N-dealkylation sites (tertiary alicyclic amines) is 1. The van der Waals surface area contributed by atoms with Crippen molar-refractivity contribution in [3.63, 3.8) is 0 Å². The lowest BCUT2D eigenvalue weighted by atomic mass is 9.75. The molecule has 3 rings (SSSR count). The fourth-order valence-corrected chi connectivity index (χ4v) is 4.82. The first-order valence-electron chi connectivity index (χ1n) is 8.67. The maximum absolute atomic E-state index is 12.0. The Morgan fingerprint density at radius 2 is 2.19 bits per heavy atom. The Morgan fingerprint density at radius 1 is 1.33 bits per heavy atom. The monoisotopic (exact) mass is 289 g/mol. The van der Waals surface area contributed by atoms with Crippen LogP contribution in [0.2, 0.25) is 0 Å². The number of nitrogens with one attached hydrogen (secondary N) is 1. The van der Waals surface area contributed by atoms with Gasteiger partial charge in [0.25, 0.3) is 0 Å². The molecule has 0 radical (unpaired) electrons. The number of rotatable bonds is 3. The molecule has 3 fully saturated rings. The van der Waals surface area contributed by atoms with Crippen molar-refractivity contribution >= 4 is 5.91 Å². The normalized spacial score (nSPS) is 40.4. The number of carbonyl (C=O) groups excluding carboxylic acids is 1. The van der Waals surface area contributed by atoms with Gasteiger partial charge in [-0.1, -0.05) is 19.8 Å². The Morgan fingerprint density at radius 3 is 2.95 bits per heavy atom. The zero-order valence-corrected chi connectivity index (χ0v) is 13.1. The van der Waals surface area contributed by atoms with Gasteiger partial charge < -0.3 is 5.32 Å². The molecule has 3 aliphatic rings. The average molecular weight is 289 g/mol. The molecule has 1 saturated carbocycles. The van der Waals surface area contributed by atoms with Crippen molar-refractivity contribution in [2.24, 2.45) is 17.8 Å². The number of piperidine rings is 1. The Hall–Kier alpha value is -1.08. The Bertz CT molecular complexity index is 430. The highest BCUT2D eigenvalue weighted by molar-refractivity contribution is 5.82. The van der Waals surface area contributed by atoms with E-state index in [9.17, 15) is 10.1 Å². The lowest BCUT2D eigenvalue weighted by molar-refractivity contribution is -0.124. The fourth-order valence-electron chi connectivity index (χ4n) is 4.82. The van der Waals surface area contributed by atoms with E-state index in [0.29, 0.717) is 12.1 Å². The minimum Gasteiger partial charge on any atom is -0.354 e. The quantitative estimate of drug-likeness (QED) is 0.867. The summed E-state index contributed by atoms with van der Waals surface area (Å²) < 4.78 is 0. The maximum Gasteiger partial charge on any atom is 0.224 e. The van der Waals surface area contributed by atoms with E-state index in [4.69, 9.17) is 0 Å². The summed E-state index contributed by atoms with van der Waals surface area (Å²) in [6, 6.07) is 3.27. The van der Waals surface area contributed by atoms with Crippen LogP contribution in [0.4, 0.5) is 0 Å². The first-order valence-corrected chi connectivity index (χ1v) is 8.67. The van der Waals surface area contributed by atoms with Crippen molar-refractivity contribution in [3.05, 3.63) is 0 Å². The molecule has 116 valence electrons. The Balaban J connectivity index is 1.75. The summed E-state index contributed by atoms with van der Waals surface area (Å²) in [6.07, 6.45) is 8.05. The number of carbonyl (C=O) groups is 1. The van der Waals surface area contributed by atoms with Crippen molar-refractivity contribution in [3.8, 4) is 6.07 Å². The van der Waals surface area contributed by atoms with Crippen LogP contribution in [0, 0.1) is 29.1 Å². The van der Waals surface area contributed by atoms with E-state index < -0.39 is 0 Å². The molecule has 0 bridgehead atoms. The lowest BCUT2D eigenvalue weighted by Crippen LogP contribution is -2.54. The number of hydrogen-bond donors (Lipinski definition) is 1. The number of amides is 1. The molecule has 1 N–H and O–H groups in total. The summed E-state index contributed by atoms with van der Waals surface area (Å²) in [5.41, 5.74) is 0. The Kier molecular flexibility index (Phi) is 4.49. The third kappa shape index (κ3) is 2.81. The predicted molar refractivity (Wildman–Crippen MR) is 81.4 cm³/mol. The molecule has 2 heterocycles. The van der Waals surface area contributed by atoms with Gasteiger partial charge in [-0.25, -0.2) is 0 Å². The molecule has 5 atom stereocenters. The molecule has 0 spiro atoms. The van der Waals surface area contributed by atoms with E-state index in [-0.39, 0.29) is 17.7 Å². The van der Waals surface area contributed by atoms with Crippen LogP contribution >= 0.6 is 0 Å². The van der Waals surface area contributed by atoms with Gasteiger partial charge in [0.1, 0.15) is 0 Å². The summed E-state index contributed by atoms with van der Waals surface area (Å²) in [4.78, 5) is 14.5. The van der Waals surface area contributed by atoms with Crippen molar-refractivity contribution < 1.29 is 4.79 Å². The van der Waals surface area contributed by atoms with E-state index in [2.05, 4.69) is 23.2 Å². The summed E-state index contributed by atoms with van der Waals surface area (Å²) in [5, 5.41) is 12.6. The summed E-state index contributed by atoms with van der Waals surface area (Å²) >= 11 is 0. The van der Waals surface area contributed by atoms with Gasteiger partial charge in [0.05, 0.1) is 17.9 Å². The van der Waals surface area contributed by atoms with Crippen LogP contribution in [0.25, 0.3) is 0 Å². The number of hydrogen-bond acceptors (Lipinski definition) is 3. The molecule has 2 saturated heterocycles. The van der Waals surface area contributed by atoms with Crippen LogP contribution in [0.5, 0.6) is 0 Å². The highest BCUT2D eigenvalue weighted by atomic mass is 16.2. The third-order valence-electron chi connectivity index (χ3n) is 5.86. The predicted octanol–water partition coefficient (Wildman–Crippen LogP) is 2.31. The maximum atomic E-state index is 12.0. The van der Waals surface area contributed by atoms with Crippen molar-refractivity contribution in [2.45, 2.75) is 64.0 Å². The molecule has 0 aromatic carbocycles. The van der Waals surface area contributed by atoms with E-state index >= 15 is 0 Å². The minimum atomic E-state index is 0.160. The van der Waals surface area contributed by atoms with E-state index in [1.54, 1.807) is 0 Å². The molecular formula is C17H27N3O. The lowest BCUT2D eigenvalue weighted by Gasteiger charge is -2.46. The number of fused-ring (bicyclic) bond motifs is 1. The second-order valence-corrected chi connectivity index (χ2v) is 7.07. The number of nitriles is 1. The molecule has 4 heteroatoms. The van der Waals surface area contributed by atoms with Gasteiger partial charge in [-0.2, -0.15) is 5.26 Å². The highest BCUT2D eigenvalue weighted by Crippen LogP contribution is 2.39. The summed E-state index contributed by atoms with van der Waals surface area (Å²) in [6.45, 7) is 4.11. The summed E-state index contributed by atoms with van der Waals surface area (Å²) in [5.74, 6) is 1.34. The Labute approximate surface area is 127 Å². The van der Waals surface area contributed by atoms with E-state index in [1.807, 2.05) is 0 Å². The van der Waals surface area contributed by atoms with E-state index in [1.165, 1.54) is 19.3 Å². The van der Waals surface area contributed by atoms with Gasteiger partial charge >= 0.3 is 0 Å². The number of nitrogens with zero attached hydrogens (tertiary/aromatic N) is 2. The smallest absolute Gasteiger partial charge is 0.224 e. The first kappa shape index (κ1) is 14.8. The first-order chi connectivity index (χ1) is 10.2. The highest BCUT2D eigenvalue weighted by Gasteiger charge is 2.45. The van der Waals surface area contributed by atoms with Gasteiger partial charge in [-0.05, 0) is 44.6 Å². The SMILES string of the molecule is CCCC1CCC(C#N)C(N2CCCC3C(=O)NCC32)C1. The second kappa shape index (κ2) is 6.36. The van der Waals surface area contributed by atoms with Gasteiger partial charge in [0, 0.05) is 18.6 Å². The van der Waals surface area contributed by atoms with Crippen LogP contribution in [0.1, 0.15) is 51.9 Å². The minimum absolute atomic E-state index is 0.160. The van der Waals surface area contributed by atoms with Crippen molar-refractivity contribution in [2.75, 3.05) is 13.1 Å². The van der Waals surface area contributed by atoms with E-state index in [0.717, 1.165) is 44.7 Å². The molecular weight excluding hydrogens is 262 g/mol. The largest absolute Gasteiger partial charge is 0.354 e. The van der Waals surface area contributed by atoms with Crippen molar-refractivity contribution in [1.29, 1.82) is 5.26 Å². The van der Waals surface area contributed by atoms with Crippen LogP contribution in [0.3, 0.4) is 0 Å². The van der Waals surface area contributed by atoms with Crippen LogP contribution in [-0.4, -0.2) is 36.0 Å². The molecule has 4 nitrogen and oxygen atoms in total. The van der Waals surface area contributed by atoms with Crippen LogP contribution < -0.4 is 5.32 Å². The molecule has 21 heavy (non-hydrogen) atoms. The third-order valence-corrected chi connectivity index (χ3v) is 5.86. The molecule has 1 amide bonds. The average Bonchev–Trinajstić information content (AvgIpc) is 2.89. The topological polar surface area (TPSA) is 56.1 Å². The van der Waals surface area contributed by atoms with Gasteiger partial charge in [0.2, 0.25) is 5.91 Å². The standard InChI is InChI=1S/C17H27N3O/c1-2-4-12-6-7-13(10-18)15(9-12)20-8-3-5-14-16(20)11-19-17(14)21/h12-16H,2-9,11H2,1H3,(H,19,21). The van der Waals surface area contributed by atoms with Gasteiger partial charge in [-0.15, -0.1) is 0 Å². The zero-order chi connectivity index (χ0) is 14.8. The molecule has 0 aromatic rings. The molecule has 5 unspecified atom stereocenters. The van der Waals surface area contributed by atoms with Crippen LogP contribution in [0.15, 0.2) is 0 Å². The van der Waals surface area contributed by atoms with Gasteiger partial charge in [-0.3, -0.25) is 9.69 Å². The summed E-state index contributed by atoms with van der Waals surface area (Å²) in [7, 11) is 0. The van der Waals surface area contributed by atoms with Crippen LogP contribution in [-0.2, 0) is 4.79 Å². The molecule has 1 aliphatic carbocycles. The molecule has 2 aliphatic heterocycles. The fraction of sp³-hybridized carbons (Fsp3) is 0.882. The van der Waals surface area contributed by atoms with Gasteiger partial charge in [0.15, 0.2) is 0 Å². The zero-order valence-electron chi connectivity index (χ0n) is 13.1.